The fourth-order valence-corrected chi connectivity index (χ4v) is 6.88. The van der Waals surface area contributed by atoms with Gasteiger partial charge in [0.2, 0.25) is 5.91 Å². The molecule has 2 aromatic rings. The molecule has 2 amide bonds. The summed E-state index contributed by atoms with van der Waals surface area (Å²) in [5.74, 6) is 0.671. The molecular weight excluding hydrogens is 558 g/mol. The maximum atomic E-state index is 13.6. The van der Waals surface area contributed by atoms with Crippen molar-refractivity contribution in [3.8, 4) is 16.9 Å². The minimum Gasteiger partial charge on any atom is -0.493 e. The van der Waals surface area contributed by atoms with Crippen molar-refractivity contribution in [2.24, 2.45) is 5.92 Å². The molecule has 0 unspecified atom stereocenters. The summed E-state index contributed by atoms with van der Waals surface area (Å²) >= 11 is 0. The number of nitrogens with one attached hydrogen (secondary N) is 2. The molecule has 3 fully saturated rings. The van der Waals surface area contributed by atoms with E-state index in [4.69, 9.17) is 9.47 Å². The molecule has 2 aromatic carbocycles. The number of likely N-dealkylation sites (tertiary alicyclic amines) is 1. The molecule has 1 aliphatic carbocycles. The number of hydrogen-bond donors (Lipinski definition) is 3. The third-order valence-electron chi connectivity index (χ3n) is 8.83. The Morgan fingerprint density at radius 2 is 1.76 bits per heavy atom. The number of nitrogens with zero attached hydrogens (tertiary/aromatic N) is 1. The minimum absolute atomic E-state index is 0.0901. The first-order valence-electron chi connectivity index (χ1n) is 14.9. The zero-order chi connectivity index (χ0) is 29.4. The normalized spacial score (nSPS) is 29.2. The number of hydrogen-bond acceptors (Lipinski definition) is 8. The Morgan fingerprint density at radius 1 is 1.00 bits per heavy atom. The molecule has 1 saturated carbocycles. The summed E-state index contributed by atoms with van der Waals surface area (Å²) in [7, 11) is -3.32. The van der Waals surface area contributed by atoms with Crippen LogP contribution >= 0.6 is 0 Å². The van der Waals surface area contributed by atoms with Crippen LogP contribution in [-0.2, 0) is 19.4 Å². The molecule has 42 heavy (non-hydrogen) atoms. The zero-order valence-electron chi connectivity index (χ0n) is 23.8. The SMILES string of the molecule is CS(=O)(=O)c1ccc(-c2ccc3c(c2)OCC[C@@H]2CC[C@H](O)[C@@H](CNC(=O)[C@@H]4C[C@@H](CN4CC4CC4)NC3=O)O2)cc1. The second kappa shape index (κ2) is 11.9. The van der Waals surface area contributed by atoms with Gasteiger partial charge in [-0.15, -0.1) is 0 Å². The highest BCUT2D eigenvalue weighted by atomic mass is 32.2. The van der Waals surface area contributed by atoms with E-state index in [0.717, 1.165) is 30.5 Å². The molecule has 5 atom stereocenters. The van der Waals surface area contributed by atoms with E-state index in [2.05, 4.69) is 15.5 Å². The molecule has 0 aromatic heterocycles. The van der Waals surface area contributed by atoms with Crippen molar-refractivity contribution in [1.29, 1.82) is 0 Å². The molecule has 226 valence electrons. The maximum Gasteiger partial charge on any atom is 0.255 e. The quantitative estimate of drug-likeness (QED) is 0.488. The summed E-state index contributed by atoms with van der Waals surface area (Å²) in [5.41, 5.74) is 1.99. The van der Waals surface area contributed by atoms with Gasteiger partial charge in [0.05, 0.1) is 35.3 Å². The second-order valence-corrected chi connectivity index (χ2v) is 14.2. The lowest BCUT2D eigenvalue weighted by Gasteiger charge is -2.34. The predicted molar refractivity (Wildman–Crippen MR) is 156 cm³/mol. The highest BCUT2D eigenvalue weighted by Crippen LogP contribution is 2.33. The van der Waals surface area contributed by atoms with Gasteiger partial charge in [-0.1, -0.05) is 18.2 Å². The number of ether oxygens (including phenoxy) is 2. The summed E-state index contributed by atoms with van der Waals surface area (Å²) in [6, 6.07) is 11.5. The molecule has 6 rings (SSSR count). The van der Waals surface area contributed by atoms with E-state index in [1.165, 1.54) is 6.26 Å². The Bertz CT molecular complexity index is 1430. The average molecular weight is 598 g/mol. The van der Waals surface area contributed by atoms with Gasteiger partial charge >= 0.3 is 0 Å². The van der Waals surface area contributed by atoms with Crippen LogP contribution in [0.2, 0.25) is 0 Å². The highest BCUT2D eigenvalue weighted by Gasteiger charge is 2.41. The maximum absolute atomic E-state index is 13.6. The van der Waals surface area contributed by atoms with Crippen LogP contribution < -0.4 is 15.4 Å². The van der Waals surface area contributed by atoms with Gasteiger partial charge in [0.15, 0.2) is 9.84 Å². The number of carbonyl (C=O) groups is 2. The average Bonchev–Trinajstić information content (AvgIpc) is 3.70. The Kier molecular flexibility index (Phi) is 8.28. The topological polar surface area (TPSA) is 134 Å². The molecule has 3 heterocycles. The lowest BCUT2D eigenvalue weighted by atomic mass is 9.99. The minimum atomic E-state index is -3.32. The number of sulfone groups is 1. The van der Waals surface area contributed by atoms with Crippen molar-refractivity contribution < 1.29 is 32.6 Å². The van der Waals surface area contributed by atoms with E-state index in [1.807, 2.05) is 12.1 Å². The molecule has 10 nitrogen and oxygen atoms in total. The molecule has 0 radical (unpaired) electrons. The third kappa shape index (κ3) is 6.64. The number of aliphatic hydroxyl groups excluding tert-OH is 1. The van der Waals surface area contributed by atoms with E-state index in [1.54, 1.807) is 30.3 Å². The third-order valence-corrected chi connectivity index (χ3v) is 9.96. The molecule has 2 saturated heterocycles. The van der Waals surface area contributed by atoms with Crippen LogP contribution in [0.3, 0.4) is 0 Å². The molecular formula is C31H39N3O7S. The van der Waals surface area contributed by atoms with Crippen LogP contribution in [0.5, 0.6) is 5.75 Å². The Morgan fingerprint density at radius 3 is 2.50 bits per heavy atom. The van der Waals surface area contributed by atoms with Gasteiger partial charge in [-0.05, 0) is 73.4 Å². The summed E-state index contributed by atoms with van der Waals surface area (Å²) in [4.78, 5) is 29.3. The van der Waals surface area contributed by atoms with Crippen LogP contribution in [0.1, 0.15) is 48.9 Å². The largest absolute Gasteiger partial charge is 0.493 e. The molecule has 11 heteroatoms. The molecule has 4 bridgehead atoms. The van der Waals surface area contributed by atoms with Gasteiger partial charge in [-0.25, -0.2) is 8.42 Å². The zero-order valence-corrected chi connectivity index (χ0v) is 24.6. The van der Waals surface area contributed by atoms with Crippen molar-refractivity contribution in [2.45, 2.75) is 73.8 Å². The standard InChI is InChI=1S/C31H39N3O7S/c1-42(38,39)24-8-4-20(5-9-24)21-6-10-25-28(14-21)40-13-12-23-7-11-27(35)29(41-23)16-32-31(37)26-15-22(33-30(25)36)18-34(26)17-19-2-3-19/h4-6,8-10,14,19,22-23,26-27,29,35H,2-3,7,11-13,15-18H2,1H3,(H,32,37)(H,33,36)/t22-,23-,26-,27-,29+/m0/s1. The van der Waals surface area contributed by atoms with Gasteiger partial charge in [-0.3, -0.25) is 14.5 Å². The Hall–Kier alpha value is -2.99. The van der Waals surface area contributed by atoms with Crippen LogP contribution in [-0.4, -0.2) is 93.1 Å². The van der Waals surface area contributed by atoms with Crippen molar-refractivity contribution in [3.63, 3.8) is 0 Å². The van der Waals surface area contributed by atoms with Gasteiger partial charge in [-0.2, -0.15) is 0 Å². The highest BCUT2D eigenvalue weighted by molar-refractivity contribution is 7.90. The first-order valence-corrected chi connectivity index (χ1v) is 16.8. The van der Waals surface area contributed by atoms with Crippen LogP contribution in [0.4, 0.5) is 0 Å². The summed E-state index contributed by atoms with van der Waals surface area (Å²) in [5, 5.41) is 16.7. The fourth-order valence-electron chi connectivity index (χ4n) is 6.25. The summed E-state index contributed by atoms with van der Waals surface area (Å²) in [6.07, 6.45) is 4.55. The van der Waals surface area contributed by atoms with E-state index in [-0.39, 0.29) is 41.4 Å². The van der Waals surface area contributed by atoms with E-state index >= 15 is 0 Å². The monoisotopic (exact) mass is 597 g/mol. The van der Waals surface area contributed by atoms with Crippen molar-refractivity contribution >= 4 is 21.7 Å². The number of rotatable bonds is 4. The fraction of sp³-hybridized carbons (Fsp3) is 0.548. The van der Waals surface area contributed by atoms with Crippen molar-refractivity contribution in [3.05, 3.63) is 48.0 Å². The van der Waals surface area contributed by atoms with Crippen molar-refractivity contribution in [1.82, 2.24) is 15.5 Å². The van der Waals surface area contributed by atoms with E-state index in [0.29, 0.717) is 56.1 Å². The molecule has 0 spiro atoms. The van der Waals surface area contributed by atoms with E-state index in [9.17, 15) is 23.1 Å². The lowest BCUT2D eigenvalue weighted by molar-refractivity contribution is -0.133. The first kappa shape index (κ1) is 29.1. The number of amides is 2. The smallest absolute Gasteiger partial charge is 0.255 e. The van der Waals surface area contributed by atoms with Crippen molar-refractivity contribution in [2.75, 3.05) is 32.5 Å². The van der Waals surface area contributed by atoms with E-state index < -0.39 is 22.0 Å². The van der Waals surface area contributed by atoms with Crippen LogP contribution in [0.15, 0.2) is 47.4 Å². The van der Waals surface area contributed by atoms with Gasteiger partial charge in [0.25, 0.3) is 5.91 Å². The van der Waals surface area contributed by atoms with Crippen LogP contribution in [0, 0.1) is 5.92 Å². The Labute approximate surface area is 246 Å². The molecule has 3 N–H and O–H groups in total. The number of benzene rings is 2. The summed E-state index contributed by atoms with van der Waals surface area (Å²) in [6.45, 7) is 1.96. The van der Waals surface area contributed by atoms with Gasteiger partial charge in [0, 0.05) is 38.4 Å². The number of carbonyl (C=O) groups excluding carboxylic acids is 2. The lowest BCUT2D eigenvalue weighted by Crippen LogP contribution is -2.50. The Balaban J connectivity index is 1.28. The molecule has 4 aliphatic rings. The van der Waals surface area contributed by atoms with Gasteiger partial charge < -0.3 is 25.2 Å². The summed E-state index contributed by atoms with van der Waals surface area (Å²) < 4.78 is 36.2. The van der Waals surface area contributed by atoms with Gasteiger partial charge in [0.1, 0.15) is 11.9 Å². The second-order valence-electron chi connectivity index (χ2n) is 12.2. The van der Waals surface area contributed by atoms with Crippen LogP contribution in [0.25, 0.3) is 11.1 Å². The first-order chi connectivity index (χ1) is 20.1. The number of aliphatic hydroxyl groups is 1. The molecule has 3 aliphatic heterocycles. The number of fused-ring (bicyclic) bond motifs is 5. The predicted octanol–water partition coefficient (Wildman–Crippen LogP) is 2.15.